The summed E-state index contributed by atoms with van der Waals surface area (Å²) in [5, 5.41) is 2.91. The quantitative estimate of drug-likeness (QED) is 0.835. The van der Waals surface area contributed by atoms with Crippen LogP contribution in [0.5, 0.6) is 0 Å². The smallest absolute Gasteiger partial charge is 0.360 e. The average Bonchev–Trinajstić information content (AvgIpc) is 2.78. The fraction of sp³-hybridized carbons (Fsp3) is 0.250. The average molecular weight is 247 g/mol. The van der Waals surface area contributed by atoms with Crippen molar-refractivity contribution in [2.75, 3.05) is 11.9 Å². The first-order chi connectivity index (χ1) is 8.69. The van der Waals surface area contributed by atoms with Crippen LogP contribution < -0.4 is 5.32 Å². The predicted molar refractivity (Wildman–Crippen MR) is 64.7 cm³/mol. The summed E-state index contributed by atoms with van der Waals surface area (Å²) in [6.45, 7) is 3.96. The minimum atomic E-state index is -0.503. The standard InChI is InChI=1S/C12H13N3O3/c1-3-17-11(16)10-7-18-12(15-10)14-9-4-8(2)5-13-6-9/h4-7H,3H2,1-2H3,(H,14,15). The van der Waals surface area contributed by atoms with Gasteiger partial charge in [-0.15, -0.1) is 0 Å². The molecule has 2 aromatic heterocycles. The molecule has 0 aliphatic rings. The van der Waals surface area contributed by atoms with E-state index in [4.69, 9.17) is 9.15 Å². The van der Waals surface area contributed by atoms with E-state index >= 15 is 0 Å². The second-order valence-electron chi connectivity index (χ2n) is 3.63. The van der Waals surface area contributed by atoms with Crippen molar-refractivity contribution in [2.24, 2.45) is 0 Å². The molecule has 0 atom stereocenters. The summed E-state index contributed by atoms with van der Waals surface area (Å²) in [5.74, 6) is -0.503. The van der Waals surface area contributed by atoms with Gasteiger partial charge in [-0.2, -0.15) is 4.98 Å². The first kappa shape index (κ1) is 12.1. The molecule has 0 spiro atoms. The van der Waals surface area contributed by atoms with Gasteiger partial charge in [0.15, 0.2) is 5.69 Å². The number of carbonyl (C=O) groups excluding carboxylic acids is 1. The lowest BCUT2D eigenvalue weighted by Gasteiger charge is -2.01. The van der Waals surface area contributed by atoms with Crippen molar-refractivity contribution in [1.29, 1.82) is 0 Å². The normalized spacial score (nSPS) is 10.1. The van der Waals surface area contributed by atoms with Crippen LogP contribution in [0.3, 0.4) is 0 Å². The molecule has 0 amide bonds. The molecule has 2 heterocycles. The molecule has 0 aliphatic carbocycles. The number of nitrogens with one attached hydrogen (secondary N) is 1. The Hall–Kier alpha value is -2.37. The van der Waals surface area contributed by atoms with Crippen LogP contribution in [0.25, 0.3) is 0 Å². The van der Waals surface area contributed by atoms with E-state index in [1.54, 1.807) is 19.3 Å². The summed E-state index contributed by atoms with van der Waals surface area (Å²) in [7, 11) is 0. The van der Waals surface area contributed by atoms with Gasteiger partial charge in [-0.3, -0.25) is 4.98 Å². The Balaban J connectivity index is 2.09. The lowest BCUT2D eigenvalue weighted by atomic mass is 10.3. The van der Waals surface area contributed by atoms with Crippen LogP contribution >= 0.6 is 0 Å². The maximum absolute atomic E-state index is 11.4. The molecule has 2 rings (SSSR count). The van der Waals surface area contributed by atoms with Crippen molar-refractivity contribution < 1.29 is 13.9 Å². The molecule has 0 radical (unpaired) electrons. The number of esters is 1. The molecule has 1 N–H and O–H groups in total. The minimum absolute atomic E-state index is 0.139. The van der Waals surface area contributed by atoms with Gasteiger partial charge in [0.25, 0.3) is 6.01 Å². The second-order valence-corrected chi connectivity index (χ2v) is 3.63. The molecule has 6 heteroatoms. The van der Waals surface area contributed by atoms with E-state index in [0.29, 0.717) is 6.61 Å². The van der Waals surface area contributed by atoms with Crippen LogP contribution in [-0.2, 0) is 4.74 Å². The lowest BCUT2D eigenvalue weighted by molar-refractivity contribution is 0.0519. The highest BCUT2D eigenvalue weighted by atomic mass is 16.5. The van der Waals surface area contributed by atoms with Gasteiger partial charge in [-0.1, -0.05) is 0 Å². The van der Waals surface area contributed by atoms with Crippen molar-refractivity contribution in [3.8, 4) is 0 Å². The molecule has 6 nitrogen and oxygen atoms in total. The van der Waals surface area contributed by atoms with Gasteiger partial charge < -0.3 is 14.5 Å². The van der Waals surface area contributed by atoms with Crippen molar-refractivity contribution in [1.82, 2.24) is 9.97 Å². The third-order valence-electron chi connectivity index (χ3n) is 2.11. The topological polar surface area (TPSA) is 77.2 Å². The van der Waals surface area contributed by atoms with E-state index in [2.05, 4.69) is 15.3 Å². The van der Waals surface area contributed by atoms with Crippen LogP contribution in [-0.4, -0.2) is 22.5 Å². The van der Waals surface area contributed by atoms with Crippen LogP contribution in [0.15, 0.2) is 29.1 Å². The van der Waals surface area contributed by atoms with Crippen molar-refractivity contribution >= 4 is 17.7 Å². The van der Waals surface area contributed by atoms with E-state index in [-0.39, 0.29) is 11.7 Å². The summed E-state index contributed by atoms with van der Waals surface area (Å²) in [4.78, 5) is 19.4. The molecule has 0 fully saturated rings. The van der Waals surface area contributed by atoms with E-state index in [1.165, 1.54) is 6.26 Å². The van der Waals surface area contributed by atoms with Gasteiger partial charge in [-0.05, 0) is 25.5 Å². The molecule has 0 aliphatic heterocycles. The lowest BCUT2D eigenvalue weighted by Crippen LogP contribution is -2.05. The van der Waals surface area contributed by atoms with Crippen molar-refractivity contribution in [2.45, 2.75) is 13.8 Å². The summed E-state index contributed by atoms with van der Waals surface area (Å²) < 4.78 is 9.93. The first-order valence-electron chi connectivity index (χ1n) is 5.50. The second kappa shape index (κ2) is 5.31. The van der Waals surface area contributed by atoms with E-state index in [0.717, 1.165) is 11.3 Å². The number of pyridine rings is 1. The fourth-order valence-corrected chi connectivity index (χ4v) is 1.38. The molecule has 0 bridgehead atoms. The van der Waals surface area contributed by atoms with Crippen LogP contribution in [0.4, 0.5) is 11.7 Å². The molecule has 94 valence electrons. The third kappa shape index (κ3) is 2.85. The van der Waals surface area contributed by atoms with Crippen molar-refractivity contribution in [3.63, 3.8) is 0 Å². The Morgan fingerprint density at radius 1 is 1.50 bits per heavy atom. The highest BCUT2D eigenvalue weighted by molar-refractivity contribution is 5.87. The van der Waals surface area contributed by atoms with E-state index in [1.807, 2.05) is 13.0 Å². The molecule has 0 saturated heterocycles. The third-order valence-corrected chi connectivity index (χ3v) is 2.11. The molecule has 0 saturated carbocycles. The number of hydrogen-bond acceptors (Lipinski definition) is 6. The van der Waals surface area contributed by atoms with Crippen LogP contribution in [0.1, 0.15) is 23.0 Å². The Morgan fingerprint density at radius 3 is 3.06 bits per heavy atom. The minimum Gasteiger partial charge on any atom is -0.461 e. The zero-order chi connectivity index (χ0) is 13.0. The Morgan fingerprint density at radius 2 is 2.33 bits per heavy atom. The van der Waals surface area contributed by atoms with Gasteiger partial charge >= 0.3 is 5.97 Å². The molecule has 2 aromatic rings. The summed E-state index contributed by atoms with van der Waals surface area (Å²) in [6, 6.07) is 2.12. The van der Waals surface area contributed by atoms with Gasteiger partial charge in [0.1, 0.15) is 6.26 Å². The monoisotopic (exact) mass is 247 g/mol. The van der Waals surface area contributed by atoms with E-state index < -0.39 is 5.97 Å². The first-order valence-corrected chi connectivity index (χ1v) is 5.50. The number of aromatic nitrogens is 2. The number of rotatable bonds is 4. The number of anilines is 2. The van der Waals surface area contributed by atoms with Gasteiger partial charge in [0.2, 0.25) is 0 Å². The summed E-state index contributed by atoms with van der Waals surface area (Å²) in [5.41, 5.74) is 1.89. The number of aryl methyl sites for hydroxylation is 1. The number of ether oxygens (including phenoxy) is 1. The summed E-state index contributed by atoms with van der Waals surface area (Å²) in [6.07, 6.45) is 4.63. The SMILES string of the molecule is CCOC(=O)c1coc(Nc2cncc(C)c2)n1. The molecular formula is C12H13N3O3. The zero-order valence-corrected chi connectivity index (χ0v) is 10.1. The van der Waals surface area contributed by atoms with Crippen LogP contribution in [0, 0.1) is 6.92 Å². The Bertz CT molecular complexity index is 551. The molecule has 0 aromatic carbocycles. The zero-order valence-electron chi connectivity index (χ0n) is 10.1. The maximum atomic E-state index is 11.4. The van der Waals surface area contributed by atoms with Crippen molar-refractivity contribution in [3.05, 3.63) is 36.0 Å². The molecule has 18 heavy (non-hydrogen) atoms. The summed E-state index contributed by atoms with van der Waals surface area (Å²) >= 11 is 0. The van der Waals surface area contributed by atoms with E-state index in [9.17, 15) is 4.79 Å². The Labute approximate surface area is 104 Å². The number of nitrogens with zero attached hydrogens (tertiary/aromatic N) is 2. The van der Waals surface area contributed by atoms with Gasteiger partial charge in [-0.25, -0.2) is 4.79 Å². The van der Waals surface area contributed by atoms with Gasteiger partial charge in [0.05, 0.1) is 18.5 Å². The maximum Gasteiger partial charge on any atom is 0.360 e. The van der Waals surface area contributed by atoms with Crippen LogP contribution in [0.2, 0.25) is 0 Å². The fourth-order valence-electron chi connectivity index (χ4n) is 1.38. The highest BCUT2D eigenvalue weighted by Gasteiger charge is 2.13. The number of oxazole rings is 1. The number of carbonyl (C=O) groups is 1. The molecule has 0 unspecified atom stereocenters. The highest BCUT2D eigenvalue weighted by Crippen LogP contribution is 2.16. The Kier molecular flexibility index (Phi) is 3.57. The largest absolute Gasteiger partial charge is 0.461 e. The van der Waals surface area contributed by atoms with Gasteiger partial charge in [0, 0.05) is 6.20 Å². The molecular weight excluding hydrogens is 234 g/mol. The predicted octanol–water partition coefficient (Wildman–Crippen LogP) is 2.30. The number of hydrogen-bond donors (Lipinski definition) is 1.